The number of rotatable bonds is 17. The first-order valence-corrected chi connectivity index (χ1v) is 19.7. The smallest absolute Gasteiger partial charge is 0.326 e. The molecule has 15 nitrogen and oxygen atoms in total. The fraction of sp³-hybridized carbons (Fsp3) is 0.419. The van der Waals surface area contributed by atoms with Gasteiger partial charge in [0.15, 0.2) is 5.96 Å². The number of nitrogens with zero attached hydrogens (tertiary/aromatic N) is 2. The van der Waals surface area contributed by atoms with Crippen molar-refractivity contribution in [1.29, 1.82) is 0 Å². The number of fused-ring (bicyclic) bond motifs is 2. The summed E-state index contributed by atoms with van der Waals surface area (Å²) >= 11 is 0. The van der Waals surface area contributed by atoms with Crippen LogP contribution >= 0.6 is 0 Å². The number of benzene rings is 3. The van der Waals surface area contributed by atoms with E-state index in [-0.39, 0.29) is 56.6 Å². The number of carboxylic acids is 1. The number of guanidine groups is 1. The predicted molar refractivity (Wildman–Crippen MR) is 218 cm³/mol. The third kappa shape index (κ3) is 11.2. The van der Waals surface area contributed by atoms with Gasteiger partial charge in [-0.2, -0.15) is 0 Å². The van der Waals surface area contributed by atoms with E-state index in [1.54, 1.807) is 38.1 Å². The van der Waals surface area contributed by atoms with E-state index in [1.165, 1.54) is 11.8 Å². The minimum Gasteiger partial charge on any atom is -0.480 e. The second-order valence-corrected chi connectivity index (χ2v) is 15.4. The summed E-state index contributed by atoms with van der Waals surface area (Å²) in [5.41, 5.74) is 15.6. The zero-order chi connectivity index (χ0) is 41.9. The normalized spacial score (nSPS) is 16.8. The van der Waals surface area contributed by atoms with Crippen molar-refractivity contribution in [3.05, 3.63) is 107 Å². The summed E-state index contributed by atoms with van der Waals surface area (Å²) in [6.45, 7) is 5.07. The summed E-state index contributed by atoms with van der Waals surface area (Å²) in [5, 5.41) is 21.3. The maximum Gasteiger partial charge on any atom is 0.326 e. The highest BCUT2D eigenvalue weighted by Gasteiger charge is 2.42. The SMILES string of the molecule is CC(=O)N[C@H](C(=O)N[C@H](C(=O)N[C@@H](CCCN=C(N)N)C(=O)N1Cc2ccccc2C[C@H]1C(=O)N[C@@H](Cc1ccccc1)C(=O)O)C1Cc2ccccc2C1)C(C)C. The third-order valence-corrected chi connectivity index (χ3v) is 10.7. The van der Waals surface area contributed by atoms with Gasteiger partial charge >= 0.3 is 5.97 Å². The number of carbonyl (C=O) groups is 6. The van der Waals surface area contributed by atoms with E-state index in [0.29, 0.717) is 18.4 Å². The molecule has 1 aliphatic heterocycles. The highest BCUT2D eigenvalue weighted by molar-refractivity contribution is 5.96. The number of carbonyl (C=O) groups excluding carboxylic acids is 5. The molecule has 0 fully saturated rings. The first-order chi connectivity index (χ1) is 27.7. The zero-order valence-electron chi connectivity index (χ0n) is 33.1. The highest BCUT2D eigenvalue weighted by Crippen LogP contribution is 2.30. The predicted octanol–water partition coefficient (Wildman–Crippen LogP) is 1.35. The van der Waals surface area contributed by atoms with Crippen LogP contribution in [-0.4, -0.2) is 88.2 Å². The largest absolute Gasteiger partial charge is 0.480 e. The van der Waals surface area contributed by atoms with Gasteiger partial charge in [-0.3, -0.25) is 29.0 Å². The lowest BCUT2D eigenvalue weighted by atomic mass is 9.91. The van der Waals surface area contributed by atoms with Crippen molar-refractivity contribution in [1.82, 2.24) is 26.2 Å². The summed E-state index contributed by atoms with van der Waals surface area (Å²) in [7, 11) is 0. The second kappa shape index (κ2) is 19.7. The third-order valence-electron chi connectivity index (χ3n) is 10.7. The standard InChI is InChI=1S/C43H54N8O7/c1-25(2)36(47-26(3)52)39(54)50-37(32-21-28-14-7-8-15-29(28)22-32)40(55)48-33(18-11-19-46-43(44)45)41(56)51-24-31-17-10-9-16-30(31)23-35(51)38(53)49-34(42(57)58)20-27-12-5-4-6-13-27/h4-10,12-17,25,32-37H,11,18-24H2,1-3H3,(H,47,52)(H,48,55)(H,49,53)(H,50,54)(H,57,58)(H4,44,45,46)/t33-,34-,35-,36-,37-/m0/s1. The van der Waals surface area contributed by atoms with Crippen LogP contribution < -0.4 is 32.7 Å². The Kier molecular flexibility index (Phi) is 14.6. The lowest BCUT2D eigenvalue weighted by Gasteiger charge is -2.39. The lowest BCUT2D eigenvalue weighted by molar-refractivity contribution is -0.147. The molecule has 0 saturated carbocycles. The Morgan fingerprint density at radius 1 is 0.759 bits per heavy atom. The Bertz CT molecular complexity index is 1980. The number of nitrogens with two attached hydrogens (primary N) is 2. The molecule has 3 aromatic rings. The Morgan fingerprint density at radius 3 is 1.91 bits per heavy atom. The average Bonchev–Trinajstić information content (AvgIpc) is 3.63. The molecule has 9 N–H and O–H groups in total. The first kappa shape index (κ1) is 42.9. The Balaban J connectivity index is 1.45. The molecule has 0 saturated heterocycles. The summed E-state index contributed by atoms with van der Waals surface area (Å²) in [6.07, 6.45) is 1.47. The van der Waals surface area contributed by atoms with Crippen molar-refractivity contribution in [2.24, 2.45) is 28.3 Å². The molecule has 3 aromatic carbocycles. The van der Waals surface area contributed by atoms with Crippen molar-refractivity contribution < 1.29 is 33.9 Å². The Hall–Kier alpha value is -6.25. The molecule has 15 heteroatoms. The quantitative estimate of drug-likeness (QED) is 0.0593. The van der Waals surface area contributed by atoms with E-state index in [1.807, 2.05) is 54.6 Å². The number of hydrogen-bond acceptors (Lipinski definition) is 7. The molecule has 5 rings (SSSR count). The topological polar surface area (TPSA) is 238 Å². The van der Waals surface area contributed by atoms with E-state index in [4.69, 9.17) is 11.5 Å². The van der Waals surface area contributed by atoms with E-state index in [0.717, 1.165) is 22.3 Å². The molecule has 0 spiro atoms. The highest BCUT2D eigenvalue weighted by atomic mass is 16.4. The Morgan fingerprint density at radius 2 is 1.34 bits per heavy atom. The van der Waals surface area contributed by atoms with Gasteiger partial charge in [0.1, 0.15) is 30.2 Å². The number of carboxylic acid groups (broad SMARTS) is 1. The Labute approximate surface area is 338 Å². The molecule has 5 atom stereocenters. The van der Waals surface area contributed by atoms with Crippen LogP contribution in [0, 0.1) is 11.8 Å². The summed E-state index contributed by atoms with van der Waals surface area (Å²) in [4.78, 5) is 87.2. The van der Waals surface area contributed by atoms with Crippen molar-refractivity contribution in [3.63, 3.8) is 0 Å². The van der Waals surface area contributed by atoms with Crippen molar-refractivity contribution in [2.45, 2.75) is 96.1 Å². The van der Waals surface area contributed by atoms with Crippen molar-refractivity contribution in [2.75, 3.05) is 6.54 Å². The van der Waals surface area contributed by atoms with Gasteiger partial charge in [0.2, 0.25) is 29.5 Å². The van der Waals surface area contributed by atoms with Gasteiger partial charge in [-0.25, -0.2) is 4.79 Å². The molecule has 5 amide bonds. The van der Waals surface area contributed by atoms with E-state index < -0.39 is 65.7 Å². The van der Waals surface area contributed by atoms with Crippen LogP contribution in [0.1, 0.15) is 61.4 Å². The molecule has 0 radical (unpaired) electrons. The molecule has 0 aromatic heterocycles. The minimum atomic E-state index is -1.27. The van der Waals surface area contributed by atoms with Gasteiger partial charge in [-0.05, 0) is 65.3 Å². The lowest BCUT2D eigenvalue weighted by Crippen LogP contribution is -2.62. The summed E-state index contributed by atoms with van der Waals surface area (Å²) in [5.74, 6) is -4.79. The molecule has 308 valence electrons. The fourth-order valence-corrected chi connectivity index (χ4v) is 7.75. The zero-order valence-corrected chi connectivity index (χ0v) is 33.1. The number of aliphatic imine (C=N–C) groups is 1. The van der Waals surface area contributed by atoms with Gasteiger partial charge in [0.05, 0.1) is 0 Å². The minimum absolute atomic E-state index is 0.0225. The van der Waals surface area contributed by atoms with Crippen LogP contribution in [0.4, 0.5) is 0 Å². The van der Waals surface area contributed by atoms with E-state index >= 15 is 0 Å². The van der Waals surface area contributed by atoms with E-state index in [9.17, 15) is 33.9 Å². The maximum absolute atomic E-state index is 14.9. The van der Waals surface area contributed by atoms with Gasteiger partial charge < -0.3 is 42.7 Å². The first-order valence-electron chi connectivity index (χ1n) is 19.7. The number of amides is 5. The van der Waals surface area contributed by atoms with Gasteiger partial charge in [-0.1, -0.05) is 92.7 Å². The van der Waals surface area contributed by atoms with Crippen LogP contribution in [0.25, 0.3) is 0 Å². The van der Waals surface area contributed by atoms with Crippen LogP contribution in [-0.2, 0) is 61.0 Å². The molecule has 1 heterocycles. The van der Waals surface area contributed by atoms with Gasteiger partial charge in [0, 0.05) is 32.9 Å². The molecule has 2 aliphatic rings. The second-order valence-electron chi connectivity index (χ2n) is 15.4. The summed E-state index contributed by atoms with van der Waals surface area (Å²) < 4.78 is 0. The molecular formula is C43H54N8O7. The number of hydrogen-bond donors (Lipinski definition) is 7. The van der Waals surface area contributed by atoms with Gasteiger partial charge in [0.25, 0.3) is 0 Å². The van der Waals surface area contributed by atoms with Crippen LogP contribution in [0.2, 0.25) is 0 Å². The molecule has 0 unspecified atom stereocenters. The molecular weight excluding hydrogens is 741 g/mol. The number of aliphatic carboxylic acids is 1. The molecule has 1 aliphatic carbocycles. The van der Waals surface area contributed by atoms with Gasteiger partial charge in [-0.15, -0.1) is 0 Å². The monoisotopic (exact) mass is 794 g/mol. The van der Waals surface area contributed by atoms with Crippen molar-refractivity contribution >= 4 is 41.5 Å². The van der Waals surface area contributed by atoms with Crippen LogP contribution in [0.5, 0.6) is 0 Å². The molecule has 0 bridgehead atoms. The number of nitrogens with one attached hydrogen (secondary N) is 4. The van der Waals surface area contributed by atoms with Crippen molar-refractivity contribution in [3.8, 4) is 0 Å². The summed E-state index contributed by atoms with van der Waals surface area (Å²) in [6, 6.07) is 18.5. The van der Waals surface area contributed by atoms with Crippen LogP contribution in [0.3, 0.4) is 0 Å². The molecule has 58 heavy (non-hydrogen) atoms. The fourth-order valence-electron chi connectivity index (χ4n) is 7.75. The maximum atomic E-state index is 14.9. The average molecular weight is 795 g/mol. The van der Waals surface area contributed by atoms with E-state index in [2.05, 4.69) is 26.3 Å². The van der Waals surface area contributed by atoms with Crippen LogP contribution in [0.15, 0.2) is 83.9 Å².